The molecule has 214 valence electrons. The van der Waals surface area contributed by atoms with Crippen molar-refractivity contribution in [1.82, 2.24) is 0 Å². The summed E-state index contributed by atoms with van der Waals surface area (Å²) in [6.45, 7) is 2.12. The highest BCUT2D eigenvalue weighted by molar-refractivity contribution is 7.85. The van der Waals surface area contributed by atoms with Crippen LogP contribution < -0.4 is 0 Å². The van der Waals surface area contributed by atoms with E-state index in [2.05, 4.69) is 11.7 Å². The number of esters is 2. The van der Waals surface area contributed by atoms with Gasteiger partial charge in [-0.15, -0.1) is 0 Å². The molecule has 3 rings (SSSR count). The molecule has 0 saturated heterocycles. The summed E-state index contributed by atoms with van der Waals surface area (Å²) in [7, 11) is -5.90. The molecule has 0 heterocycles. The molecule has 0 aromatic heterocycles. The summed E-state index contributed by atoms with van der Waals surface area (Å²) in [6, 6.07) is 0. The molecule has 0 spiro atoms. The number of hydrogen-bond acceptors (Lipinski definition) is 6. The topological polar surface area (TPSA) is 107 Å². The first-order chi connectivity index (χ1) is 17.0. The fourth-order valence-corrected chi connectivity index (χ4v) is 7.18. The lowest BCUT2D eigenvalue weighted by molar-refractivity contribution is -0.362. The number of ether oxygens (including phenoxy) is 2. The Morgan fingerprint density at radius 3 is 1.76 bits per heavy atom. The largest absolute Gasteiger partial charge is 0.462 e. The van der Waals surface area contributed by atoms with Gasteiger partial charge < -0.3 is 9.47 Å². The van der Waals surface area contributed by atoms with Crippen molar-refractivity contribution in [3.05, 3.63) is 0 Å². The summed E-state index contributed by atoms with van der Waals surface area (Å²) < 4.78 is 122. The summed E-state index contributed by atoms with van der Waals surface area (Å²) in [5, 5.41) is 0. The quantitative estimate of drug-likeness (QED) is 0.255. The third-order valence-electron chi connectivity index (χ3n) is 8.00. The summed E-state index contributed by atoms with van der Waals surface area (Å²) in [4.78, 5) is 25.7. The zero-order valence-electron chi connectivity index (χ0n) is 20.3. The third-order valence-corrected chi connectivity index (χ3v) is 8.77. The maximum absolute atomic E-state index is 13.6. The second kappa shape index (κ2) is 10.9. The van der Waals surface area contributed by atoms with E-state index in [0.717, 1.165) is 25.7 Å². The van der Waals surface area contributed by atoms with Gasteiger partial charge in [-0.2, -0.15) is 34.8 Å². The van der Waals surface area contributed by atoms with E-state index in [-0.39, 0.29) is 19.3 Å². The van der Waals surface area contributed by atoms with E-state index < -0.39 is 63.7 Å². The lowest BCUT2D eigenvalue weighted by atomic mass is 9.66. The van der Waals surface area contributed by atoms with E-state index in [9.17, 15) is 44.3 Å². The molecule has 4 atom stereocenters. The van der Waals surface area contributed by atoms with E-state index in [4.69, 9.17) is 9.29 Å². The second-order valence-corrected chi connectivity index (χ2v) is 12.2. The Morgan fingerprint density at radius 2 is 1.32 bits per heavy atom. The first kappa shape index (κ1) is 30.0. The average molecular weight is 567 g/mol. The highest BCUT2D eigenvalue weighted by Gasteiger charge is 2.76. The Balaban J connectivity index is 1.77. The Kier molecular flexibility index (Phi) is 8.83. The van der Waals surface area contributed by atoms with E-state index in [1.807, 2.05) is 0 Å². The number of carbonyl (C=O) groups excluding carboxylic acids is 2. The molecule has 37 heavy (non-hydrogen) atoms. The van der Waals surface area contributed by atoms with Gasteiger partial charge in [0.25, 0.3) is 10.1 Å². The van der Waals surface area contributed by atoms with Gasteiger partial charge in [0.1, 0.15) is 11.9 Å². The smallest absolute Gasteiger partial charge is 0.438 e. The molecule has 7 nitrogen and oxygen atoms in total. The van der Waals surface area contributed by atoms with E-state index in [1.54, 1.807) is 0 Å². The zero-order chi connectivity index (χ0) is 27.8. The van der Waals surface area contributed by atoms with E-state index in [1.165, 1.54) is 0 Å². The molecule has 0 radical (unpaired) electrons. The maximum Gasteiger partial charge on any atom is 0.438 e. The lowest BCUT2D eigenvalue weighted by Gasteiger charge is -2.42. The fraction of sp³-hybridized carbons (Fsp3) is 0.913. The van der Waals surface area contributed by atoms with Crippen LogP contribution in [0.2, 0.25) is 0 Å². The van der Waals surface area contributed by atoms with Crippen molar-refractivity contribution in [3.63, 3.8) is 0 Å². The van der Waals surface area contributed by atoms with E-state index in [0.29, 0.717) is 37.0 Å². The molecule has 4 unspecified atom stereocenters. The Labute approximate surface area is 211 Å². The first-order valence-electron chi connectivity index (χ1n) is 12.5. The van der Waals surface area contributed by atoms with Crippen LogP contribution in [0.1, 0.15) is 71.1 Å². The van der Waals surface area contributed by atoms with Gasteiger partial charge in [0.05, 0.1) is 11.8 Å². The second-order valence-electron chi connectivity index (χ2n) is 10.7. The van der Waals surface area contributed by atoms with Gasteiger partial charge >= 0.3 is 29.9 Å². The van der Waals surface area contributed by atoms with Gasteiger partial charge in [-0.25, -0.2) is 0 Å². The minimum absolute atomic E-state index is 0.000575. The fourth-order valence-electron chi connectivity index (χ4n) is 6.28. The van der Waals surface area contributed by atoms with Crippen LogP contribution in [-0.2, 0) is 29.2 Å². The Morgan fingerprint density at radius 1 is 0.838 bits per heavy atom. The van der Waals surface area contributed by atoms with Gasteiger partial charge in [0.15, 0.2) is 0 Å². The molecule has 1 N–H and O–H groups in total. The van der Waals surface area contributed by atoms with Crippen molar-refractivity contribution in [1.29, 1.82) is 0 Å². The van der Waals surface area contributed by atoms with Crippen LogP contribution in [0.3, 0.4) is 0 Å². The van der Waals surface area contributed by atoms with Gasteiger partial charge in [0.2, 0.25) is 0 Å². The average Bonchev–Trinajstić information content (AvgIpc) is 2.75. The molecule has 3 aliphatic rings. The Bertz CT molecular complexity index is 920. The number of alkyl halides is 6. The SMILES string of the molecule is CCC1CC2CC(C1)CC(OC(=O)C1CCCCC1C(=O)OC(CS(=O)(=O)O)(C(F)(F)F)C(F)(F)F)C2. The summed E-state index contributed by atoms with van der Waals surface area (Å²) in [5.41, 5.74) is -5.49. The van der Waals surface area contributed by atoms with Crippen molar-refractivity contribution >= 4 is 22.1 Å². The predicted octanol–water partition coefficient (Wildman–Crippen LogP) is 5.24. The number of carbonyl (C=O) groups is 2. The molecule has 14 heteroatoms. The van der Waals surface area contributed by atoms with Crippen LogP contribution in [0.25, 0.3) is 0 Å². The first-order valence-corrected chi connectivity index (χ1v) is 14.1. The van der Waals surface area contributed by atoms with Crippen LogP contribution in [0.4, 0.5) is 26.3 Å². The monoisotopic (exact) mass is 566 g/mol. The molecular formula is C23H32F6O7S. The Hall–Kier alpha value is -1.57. The van der Waals surface area contributed by atoms with Crippen molar-refractivity contribution in [3.8, 4) is 0 Å². The van der Waals surface area contributed by atoms with Crippen molar-refractivity contribution in [2.24, 2.45) is 29.6 Å². The predicted molar refractivity (Wildman–Crippen MR) is 117 cm³/mol. The summed E-state index contributed by atoms with van der Waals surface area (Å²) in [5.74, 6) is -7.52. The normalized spacial score (nSPS) is 31.5. The van der Waals surface area contributed by atoms with Gasteiger partial charge in [-0.1, -0.05) is 26.2 Å². The summed E-state index contributed by atoms with van der Waals surface area (Å²) >= 11 is 0. The van der Waals surface area contributed by atoms with Crippen molar-refractivity contribution in [2.75, 3.05) is 5.75 Å². The van der Waals surface area contributed by atoms with Gasteiger partial charge in [-0.3, -0.25) is 14.1 Å². The van der Waals surface area contributed by atoms with Crippen LogP contribution in [0.15, 0.2) is 0 Å². The number of hydrogen-bond donors (Lipinski definition) is 1. The highest BCUT2D eigenvalue weighted by atomic mass is 32.2. The van der Waals surface area contributed by atoms with Crippen LogP contribution >= 0.6 is 0 Å². The zero-order valence-corrected chi connectivity index (χ0v) is 21.1. The maximum atomic E-state index is 13.6. The molecule has 0 aromatic rings. The molecule has 0 aliphatic heterocycles. The minimum Gasteiger partial charge on any atom is -0.462 e. The third kappa shape index (κ3) is 6.90. The highest BCUT2D eigenvalue weighted by Crippen LogP contribution is 2.48. The molecule has 2 bridgehead atoms. The van der Waals surface area contributed by atoms with Crippen molar-refractivity contribution < 1.29 is 58.4 Å². The minimum atomic E-state index is -6.42. The van der Waals surface area contributed by atoms with Crippen molar-refractivity contribution in [2.45, 2.75) is 95.2 Å². The molecule has 0 aromatic carbocycles. The molecular weight excluding hydrogens is 534 g/mol. The number of halogens is 6. The van der Waals surface area contributed by atoms with Crippen LogP contribution in [0.5, 0.6) is 0 Å². The van der Waals surface area contributed by atoms with Crippen LogP contribution in [0, 0.1) is 29.6 Å². The van der Waals surface area contributed by atoms with Gasteiger partial charge in [0, 0.05) is 0 Å². The molecule has 3 aliphatic carbocycles. The molecule has 0 amide bonds. The number of fused-ring (bicyclic) bond motifs is 2. The molecule has 3 saturated carbocycles. The van der Waals surface area contributed by atoms with Crippen LogP contribution in [-0.4, -0.2) is 54.7 Å². The lowest BCUT2D eigenvalue weighted by Crippen LogP contribution is -2.64. The summed E-state index contributed by atoms with van der Waals surface area (Å²) in [6.07, 6.45) is -7.58. The number of rotatable bonds is 7. The van der Waals surface area contributed by atoms with Gasteiger partial charge in [-0.05, 0) is 62.7 Å². The standard InChI is InChI=1S/C23H32F6O7S/c1-2-13-7-14-9-15(8-13)11-16(10-14)35-19(30)17-5-3-4-6-18(17)20(31)36-21(22(24,25)26,23(27,28)29)12-37(32,33)34/h13-18H,2-12H2,1H3,(H,32,33,34). The molecule has 3 fully saturated rings. The van der Waals surface area contributed by atoms with E-state index >= 15 is 0 Å².